The Labute approximate surface area is 111 Å². The Hall–Kier alpha value is -1.11. The third-order valence-corrected chi connectivity index (χ3v) is 4.21. The van der Waals surface area contributed by atoms with E-state index in [0.717, 1.165) is 24.8 Å². The maximum atomic E-state index is 12.4. The van der Waals surface area contributed by atoms with Gasteiger partial charge in [-0.3, -0.25) is 4.79 Å². The van der Waals surface area contributed by atoms with Crippen molar-refractivity contribution in [3.05, 3.63) is 34.9 Å². The maximum Gasteiger partial charge on any atom is 0.163 e. The van der Waals surface area contributed by atoms with Crippen molar-refractivity contribution >= 4 is 5.78 Å². The van der Waals surface area contributed by atoms with E-state index in [2.05, 4.69) is 32.0 Å². The number of benzene rings is 1. The first kappa shape index (κ1) is 13.3. The summed E-state index contributed by atoms with van der Waals surface area (Å²) < 4.78 is 0. The minimum absolute atomic E-state index is 0.369. The summed E-state index contributed by atoms with van der Waals surface area (Å²) in [4.78, 5) is 12.4. The molecular weight excluding hydrogens is 220 g/mol. The Balaban J connectivity index is 2.16. The lowest BCUT2D eigenvalue weighted by molar-refractivity contribution is 0.0961. The van der Waals surface area contributed by atoms with Crippen LogP contribution >= 0.6 is 0 Å². The molecule has 1 aromatic rings. The lowest BCUT2D eigenvalue weighted by atomic mass is 9.92. The van der Waals surface area contributed by atoms with Gasteiger partial charge in [-0.15, -0.1) is 0 Å². The van der Waals surface area contributed by atoms with E-state index in [0.29, 0.717) is 11.7 Å². The van der Waals surface area contributed by atoms with Crippen LogP contribution < -0.4 is 0 Å². The van der Waals surface area contributed by atoms with Crippen molar-refractivity contribution in [2.75, 3.05) is 0 Å². The minimum Gasteiger partial charge on any atom is -0.294 e. The van der Waals surface area contributed by atoms with E-state index in [1.165, 1.54) is 36.8 Å². The van der Waals surface area contributed by atoms with Crippen molar-refractivity contribution in [1.82, 2.24) is 0 Å². The molecule has 0 N–H and O–H groups in total. The Kier molecular flexibility index (Phi) is 4.57. The maximum absolute atomic E-state index is 12.4. The molecule has 0 heterocycles. The molecule has 1 heteroatoms. The third-order valence-electron chi connectivity index (χ3n) is 4.21. The molecule has 98 valence electrons. The SMILES string of the molecule is CCc1ccc(CC)c(C(=O)CC2CCCC2)c1. The molecule has 18 heavy (non-hydrogen) atoms. The molecule has 1 aliphatic carbocycles. The highest BCUT2D eigenvalue weighted by atomic mass is 16.1. The summed E-state index contributed by atoms with van der Waals surface area (Å²) in [6.45, 7) is 4.28. The zero-order valence-electron chi connectivity index (χ0n) is 11.7. The predicted octanol–water partition coefficient (Wildman–Crippen LogP) is 4.57. The van der Waals surface area contributed by atoms with E-state index >= 15 is 0 Å². The van der Waals surface area contributed by atoms with Crippen molar-refractivity contribution in [2.24, 2.45) is 5.92 Å². The Bertz CT molecular complexity index is 414. The zero-order chi connectivity index (χ0) is 13.0. The van der Waals surface area contributed by atoms with Gasteiger partial charge in [0.15, 0.2) is 5.78 Å². The molecule has 0 radical (unpaired) electrons. The van der Waals surface area contributed by atoms with E-state index in [9.17, 15) is 4.79 Å². The van der Waals surface area contributed by atoms with Gasteiger partial charge < -0.3 is 0 Å². The van der Waals surface area contributed by atoms with Crippen molar-refractivity contribution in [2.45, 2.75) is 58.8 Å². The second-order valence-electron chi connectivity index (χ2n) is 5.48. The summed E-state index contributed by atoms with van der Waals surface area (Å²) >= 11 is 0. The van der Waals surface area contributed by atoms with Crippen LogP contribution in [0, 0.1) is 5.92 Å². The Morgan fingerprint density at radius 2 is 1.89 bits per heavy atom. The second-order valence-corrected chi connectivity index (χ2v) is 5.48. The van der Waals surface area contributed by atoms with Gasteiger partial charge in [0, 0.05) is 12.0 Å². The summed E-state index contributed by atoms with van der Waals surface area (Å²) in [5, 5.41) is 0. The van der Waals surface area contributed by atoms with E-state index in [4.69, 9.17) is 0 Å². The van der Waals surface area contributed by atoms with Crippen molar-refractivity contribution in [1.29, 1.82) is 0 Å². The quantitative estimate of drug-likeness (QED) is 0.693. The highest BCUT2D eigenvalue weighted by molar-refractivity contribution is 5.97. The number of hydrogen-bond acceptors (Lipinski definition) is 1. The van der Waals surface area contributed by atoms with E-state index < -0.39 is 0 Å². The van der Waals surface area contributed by atoms with Gasteiger partial charge in [-0.1, -0.05) is 51.7 Å². The van der Waals surface area contributed by atoms with Gasteiger partial charge in [0.25, 0.3) is 0 Å². The lowest BCUT2D eigenvalue weighted by Crippen LogP contribution is -2.09. The number of Topliss-reactive ketones (excluding diaryl/α,β-unsaturated/α-hetero) is 1. The molecule has 1 fully saturated rings. The highest BCUT2D eigenvalue weighted by Gasteiger charge is 2.20. The van der Waals surface area contributed by atoms with E-state index in [-0.39, 0.29) is 0 Å². The van der Waals surface area contributed by atoms with Crippen LogP contribution in [0.5, 0.6) is 0 Å². The first-order valence-corrected chi connectivity index (χ1v) is 7.39. The monoisotopic (exact) mass is 244 g/mol. The van der Waals surface area contributed by atoms with Crippen LogP contribution in [-0.4, -0.2) is 5.78 Å². The topological polar surface area (TPSA) is 17.1 Å². The summed E-state index contributed by atoms with van der Waals surface area (Å²) in [7, 11) is 0. The van der Waals surface area contributed by atoms with Crippen LogP contribution in [0.25, 0.3) is 0 Å². The molecule has 0 aromatic heterocycles. The molecule has 0 bridgehead atoms. The molecule has 1 nitrogen and oxygen atoms in total. The molecule has 1 aromatic carbocycles. The third kappa shape index (κ3) is 3.01. The Morgan fingerprint density at radius 3 is 2.50 bits per heavy atom. The van der Waals surface area contributed by atoms with Crippen molar-refractivity contribution < 1.29 is 4.79 Å². The average Bonchev–Trinajstić information content (AvgIpc) is 2.90. The summed E-state index contributed by atoms with van der Waals surface area (Å²) in [6.07, 6.45) is 7.85. The lowest BCUT2D eigenvalue weighted by Gasteiger charge is -2.12. The first-order valence-electron chi connectivity index (χ1n) is 7.39. The molecule has 1 saturated carbocycles. The zero-order valence-corrected chi connectivity index (χ0v) is 11.7. The molecule has 0 spiro atoms. The standard InChI is InChI=1S/C17H24O/c1-3-13-9-10-15(4-2)16(11-13)17(18)12-14-7-5-6-8-14/h9-11,14H,3-8,12H2,1-2H3. The molecule has 0 unspecified atom stereocenters. The summed E-state index contributed by atoms with van der Waals surface area (Å²) in [5.74, 6) is 1.02. The second kappa shape index (κ2) is 6.17. The smallest absolute Gasteiger partial charge is 0.163 e. The fraction of sp³-hybridized carbons (Fsp3) is 0.588. The number of carbonyl (C=O) groups is 1. The molecule has 0 aliphatic heterocycles. The molecule has 0 atom stereocenters. The van der Waals surface area contributed by atoms with E-state index in [1.807, 2.05) is 0 Å². The molecule has 0 amide bonds. The normalized spacial score (nSPS) is 16.1. The summed E-state index contributed by atoms with van der Waals surface area (Å²) in [6, 6.07) is 6.42. The van der Waals surface area contributed by atoms with Gasteiger partial charge in [-0.05, 0) is 36.0 Å². The first-order chi connectivity index (χ1) is 8.74. The van der Waals surface area contributed by atoms with Crippen LogP contribution in [0.2, 0.25) is 0 Å². The van der Waals surface area contributed by atoms with Gasteiger partial charge in [0.1, 0.15) is 0 Å². The van der Waals surface area contributed by atoms with Crippen LogP contribution in [0.3, 0.4) is 0 Å². The van der Waals surface area contributed by atoms with Crippen molar-refractivity contribution in [3.8, 4) is 0 Å². The van der Waals surface area contributed by atoms with Crippen LogP contribution in [0.4, 0.5) is 0 Å². The minimum atomic E-state index is 0.369. The summed E-state index contributed by atoms with van der Waals surface area (Å²) in [5.41, 5.74) is 3.49. The molecule has 1 aliphatic rings. The molecule has 2 rings (SSSR count). The van der Waals surface area contributed by atoms with Crippen LogP contribution in [0.1, 0.15) is 67.4 Å². The van der Waals surface area contributed by atoms with Gasteiger partial charge in [0.2, 0.25) is 0 Å². The largest absolute Gasteiger partial charge is 0.294 e. The van der Waals surface area contributed by atoms with Gasteiger partial charge >= 0.3 is 0 Å². The number of carbonyl (C=O) groups excluding carboxylic acids is 1. The average molecular weight is 244 g/mol. The highest BCUT2D eigenvalue weighted by Crippen LogP contribution is 2.29. The number of hydrogen-bond donors (Lipinski definition) is 0. The molecule has 0 saturated heterocycles. The van der Waals surface area contributed by atoms with Gasteiger partial charge in [-0.25, -0.2) is 0 Å². The predicted molar refractivity (Wildman–Crippen MR) is 76.1 cm³/mol. The van der Waals surface area contributed by atoms with Crippen molar-refractivity contribution in [3.63, 3.8) is 0 Å². The number of ketones is 1. The van der Waals surface area contributed by atoms with E-state index in [1.54, 1.807) is 0 Å². The van der Waals surface area contributed by atoms with Crippen LogP contribution in [-0.2, 0) is 12.8 Å². The van der Waals surface area contributed by atoms with Gasteiger partial charge in [-0.2, -0.15) is 0 Å². The number of aryl methyl sites for hydroxylation is 2. The fourth-order valence-corrected chi connectivity index (χ4v) is 3.00. The fourth-order valence-electron chi connectivity index (χ4n) is 3.00. The Morgan fingerprint density at radius 1 is 1.17 bits per heavy atom. The number of rotatable bonds is 5. The van der Waals surface area contributed by atoms with Crippen LogP contribution in [0.15, 0.2) is 18.2 Å². The van der Waals surface area contributed by atoms with Gasteiger partial charge in [0.05, 0.1) is 0 Å². The molecular formula is C17H24O.